The van der Waals surface area contributed by atoms with Gasteiger partial charge >= 0.3 is 6.09 Å². The molecule has 0 heterocycles. The summed E-state index contributed by atoms with van der Waals surface area (Å²) in [4.78, 5) is 22.9. The Kier molecular flexibility index (Phi) is 6.75. The number of amides is 1. The van der Waals surface area contributed by atoms with Crippen molar-refractivity contribution in [2.24, 2.45) is 5.92 Å². The van der Waals surface area contributed by atoms with Crippen LogP contribution in [0.15, 0.2) is 0 Å². The molecule has 17 heavy (non-hydrogen) atoms. The predicted octanol–water partition coefficient (Wildman–Crippen LogP) is 2.89. The molecular weight excluding hydrogens is 286 g/mol. The van der Waals surface area contributed by atoms with Crippen LogP contribution in [0, 0.1) is 5.92 Å². The number of alkyl halides is 1. The molecular formula is C12H22BrNO3. The van der Waals surface area contributed by atoms with E-state index in [0.717, 1.165) is 0 Å². The molecule has 5 heteroatoms. The van der Waals surface area contributed by atoms with Crippen LogP contribution in [0.2, 0.25) is 0 Å². The smallest absolute Gasteiger partial charge is 0.407 e. The topological polar surface area (TPSA) is 55.4 Å². The van der Waals surface area contributed by atoms with Crippen molar-refractivity contribution < 1.29 is 14.3 Å². The Morgan fingerprint density at radius 1 is 1.29 bits per heavy atom. The van der Waals surface area contributed by atoms with Crippen LogP contribution in [0.25, 0.3) is 0 Å². The van der Waals surface area contributed by atoms with Crippen LogP contribution >= 0.6 is 15.9 Å². The summed E-state index contributed by atoms with van der Waals surface area (Å²) in [7, 11) is 0. The van der Waals surface area contributed by atoms with Gasteiger partial charge in [-0.15, -0.1) is 0 Å². The molecule has 0 aromatic rings. The Morgan fingerprint density at radius 2 is 1.82 bits per heavy atom. The molecule has 100 valence electrons. The maximum atomic E-state index is 11.6. The van der Waals surface area contributed by atoms with E-state index in [9.17, 15) is 9.59 Å². The Morgan fingerprint density at radius 3 is 2.18 bits per heavy atom. The molecule has 0 spiro atoms. The van der Waals surface area contributed by atoms with Crippen molar-refractivity contribution >= 4 is 27.8 Å². The van der Waals surface area contributed by atoms with Crippen LogP contribution < -0.4 is 5.32 Å². The summed E-state index contributed by atoms with van der Waals surface area (Å²) in [6, 6.07) is -0.185. The second-order valence-electron chi connectivity index (χ2n) is 5.37. The van der Waals surface area contributed by atoms with Crippen LogP contribution in [0.5, 0.6) is 0 Å². The number of ether oxygens (including phenoxy) is 1. The number of rotatable bonds is 5. The van der Waals surface area contributed by atoms with E-state index in [0.29, 0.717) is 11.8 Å². The van der Waals surface area contributed by atoms with E-state index in [1.54, 1.807) is 20.8 Å². The molecule has 0 rings (SSSR count). The SMILES string of the molecule is CC(C)[C@H](CC(=O)CBr)NC(=O)OC(C)(C)C. The Balaban J connectivity index is 4.35. The zero-order valence-electron chi connectivity index (χ0n) is 11.2. The van der Waals surface area contributed by atoms with Gasteiger partial charge in [-0.3, -0.25) is 4.79 Å². The van der Waals surface area contributed by atoms with Crippen LogP contribution in [-0.4, -0.2) is 28.8 Å². The van der Waals surface area contributed by atoms with Gasteiger partial charge in [-0.25, -0.2) is 4.79 Å². The van der Waals surface area contributed by atoms with E-state index in [1.807, 2.05) is 13.8 Å². The minimum absolute atomic E-state index is 0.0692. The summed E-state index contributed by atoms with van der Waals surface area (Å²) in [6.07, 6.45) is -0.152. The van der Waals surface area contributed by atoms with Gasteiger partial charge in [0.2, 0.25) is 0 Å². The van der Waals surface area contributed by atoms with Crippen LogP contribution in [0.3, 0.4) is 0 Å². The third-order valence-corrected chi connectivity index (χ3v) is 2.73. The standard InChI is InChI=1S/C12H22BrNO3/c1-8(2)10(6-9(15)7-13)14-11(16)17-12(3,4)5/h8,10H,6-7H2,1-5H3,(H,14,16)/t10-/m0/s1. The van der Waals surface area contributed by atoms with Gasteiger partial charge in [0.1, 0.15) is 11.4 Å². The molecule has 0 aromatic carbocycles. The lowest BCUT2D eigenvalue weighted by molar-refractivity contribution is -0.117. The van der Waals surface area contributed by atoms with Gasteiger partial charge < -0.3 is 10.1 Å². The van der Waals surface area contributed by atoms with E-state index < -0.39 is 11.7 Å². The third kappa shape index (κ3) is 8.18. The van der Waals surface area contributed by atoms with Crippen LogP contribution in [0.1, 0.15) is 41.0 Å². The molecule has 0 fully saturated rings. The largest absolute Gasteiger partial charge is 0.444 e. The molecule has 0 bridgehead atoms. The molecule has 0 aliphatic heterocycles. The fraction of sp³-hybridized carbons (Fsp3) is 0.833. The number of hydrogen-bond donors (Lipinski definition) is 1. The van der Waals surface area contributed by atoms with Gasteiger partial charge in [-0.2, -0.15) is 0 Å². The monoisotopic (exact) mass is 307 g/mol. The van der Waals surface area contributed by atoms with E-state index in [-0.39, 0.29) is 17.7 Å². The van der Waals surface area contributed by atoms with Crippen LogP contribution in [0.4, 0.5) is 4.79 Å². The van der Waals surface area contributed by atoms with Crippen molar-refractivity contribution in [1.82, 2.24) is 5.32 Å². The summed E-state index contributed by atoms with van der Waals surface area (Å²) in [5.74, 6) is 0.255. The van der Waals surface area contributed by atoms with Gasteiger partial charge in [-0.1, -0.05) is 29.8 Å². The number of alkyl carbamates (subject to hydrolysis) is 1. The summed E-state index contributed by atoms with van der Waals surface area (Å²) >= 11 is 3.11. The second kappa shape index (κ2) is 6.99. The quantitative estimate of drug-likeness (QED) is 0.795. The zero-order valence-corrected chi connectivity index (χ0v) is 12.8. The highest BCUT2D eigenvalue weighted by molar-refractivity contribution is 9.09. The summed E-state index contributed by atoms with van der Waals surface area (Å²) in [5.41, 5.74) is -0.523. The number of ketones is 1. The minimum Gasteiger partial charge on any atom is -0.444 e. The van der Waals surface area contributed by atoms with E-state index in [1.165, 1.54) is 0 Å². The normalized spacial score (nSPS) is 13.4. The van der Waals surface area contributed by atoms with E-state index >= 15 is 0 Å². The Bertz CT molecular complexity index is 271. The van der Waals surface area contributed by atoms with Gasteiger partial charge in [0.05, 0.1) is 5.33 Å². The lowest BCUT2D eigenvalue weighted by Crippen LogP contribution is -2.43. The van der Waals surface area contributed by atoms with Crippen molar-refractivity contribution in [3.8, 4) is 0 Å². The number of hydrogen-bond acceptors (Lipinski definition) is 3. The van der Waals surface area contributed by atoms with Gasteiger partial charge in [0, 0.05) is 12.5 Å². The van der Waals surface area contributed by atoms with E-state index in [4.69, 9.17) is 4.74 Å². The fourth-order valence-electron chi connectivity index (χ4n) is 1.21. The number of Topliss-reactive ketones (excluding diaryl/α,β-unsaturated/α-hetero) is 1. The highest BCUT2D eigenvalue weighted by Gasteiger charge is 2.22. The lowest BCUT2D eigenvalue weighted by atomic mass is 9.99. The van der Waals surface area contributed by atoms with Crippen molar-refractivity contribution in [3.63, 3.8) is 0 Å². The average Bonchev–Trinajstić information content (AvgIpc) is 2.13. The molecule has 0 unspecified atom stereocenters. The molecule has 4 nitrogen and oxygen atoms in total. The molecule has 1 N–H and O–H groups in total. The Hall–Kier alpha value is -0.580. The first-order chi connectivity index (χ1) is 7.65. The summed E-state index contributed by atoms with van der Waals surface area (Å²) in [5, 5.41) is 3.05. The minimum atomic E-state index is -0.523. The summed E-state index contributed by atoms with van der Waals surface area (Å²) in [6.45, 7) is 9.34. The van der Waals surface area contributed by atoms with Crippen molar-refractivity contribution in [1.29, 1.82) is 0 Å². The maximum Gasteiger partial charge on any atom is 0.407 e. The highest BCUT2D eigenvalue weighted by atomic mass is 79.9. The third-order valence-electron chi connectivity index (χ3n) is 2.10. The molecule has 1 amide bonds. The molecule has 0 saturated heterocycles. The molecule has 0 radical (unpaired) electrons. The van der Waals surface area contributed by atoms with Crippen molar-refractivity contribution in [2.45, 2.75) is 52.7 Å². The fourth-order valence-corrected chi connectivity index (χ4v) is 1.44. The first-order valence-corrected chi connectivity index (χ1v) is 6.85. The molecule has 0 aliphatic carbocycles. The molecule has 0 aromatic heterocycles. The number of carbonyl (C=O) groups excluding carboxylic acids is 2. The van der Waals surface area contributed by atoms with Crippen molar-refractivity contribution in [3.05, 3.63) is 0 Å². The Labute approximate surface area is 112 Å². The summed E-state index contributed by atoms with van der Waals surface area (Å²) < 4.78 is 5.16. The van der Waals surface area contributed by atoms with Gasteiger partial charge in [0.15, 0.2) is 0 Å². The average molecular weight is 308 g/mol. The first kappa shape index (κ1) is 16.4. The zero-order chi connectivity index (χ0) is 13.6. The van der Waals surface area contributed by atoms with Gasteiger partial charge in [0.25, 0.3) is 0 Å². The van der Waals surface area contributed by atoms with Crippen molar-refractivity contribution in [2.75, 3.05) is 5.33 Å². The van der Waals surface area contributed by atoms with Crippen LogP contribution in [-0.2, 0) is 9.53 Å². The number of halogens is 1. The first-order valence-electron chi connectivity index (χ1n) is 5.73. The lowest BCUT2D eigenvalue weighted by Gasteiger charge is -2.25. The second-order valence-corrected chi connectivity index (χ2v) is 5.93. The number of nitrogens with one attached hydrogen (secondary N) is 1. The van der Waals surface area contributed by atoms with Gasteiger partial charge in [-0.05, 0) is 26.7 Å². The maximum absolute atomic E-state index is 11.6. The molecule has 0 saturated carbocycles. The number of carbonyl (C=O) groups is 2. The highest BCUT2D eigenvalue weighted by Crippen LogP contribution is 2.11. The molecule has 1 atom stereocenters. The molecule has 0 aliphatic rings. The predicted molar refractivity (Wildman–Crippen MR) is 71.4 cm³/mol. The van der Waals surface area contributed by atoms with E-state index in [2.05, 4.69) is 21.2 Å².